The Hall–Kier alpha value is -0.280. The van der Waals surface area contributed by atoms with E-state index in [0.717, 1.165) is 0 Å². The molecule has 0 fully saturated rings. The third-order valence-corrected chi connectivity index (χ3v) is 1.75. The molecule has 0 aromatic carbocycles. The van der Waals surface area contributed by atoms with Crippen molar-refractivity contribution < 1.29 is 14.3 Å². The van der Waals surface area contributed by atoms with Crippen LogP contribution in [0.2, 0.25) is 0 Å². The molecule has 1 unspecified atom stereocenters. The minimum Gasteiger partial charge on any atom is -0.464 e. The highest BCUT2D eigenvalue weighted by atomic mass is 35.5. The first-order chi connectivity index (χ1) is 5.63. The number of hydrogen-bond donors (Lipinski definition) is 0. The molecule has 0 N–H and O–H groups in total. The van der Waals surface area contributed by atoms with Crippen LogP contribution in [0.15, 0.2) is 0 Å². The van der Waals surface area contributed by atoms with Crippen molar-refractivity contribution in [1.82, 2.24) is 0 Å². The first kappa shape index (κ1) is 11.7. The minimum atomic E-state index is -1.26. The Morgan fingerprint density at radius 3 is 2.50 bits per heavy atom. The molecule has 0 spiro atoms. The molecule has 0 radical (unpaired) electrons. The zero-order chi connectivity index (χ0) is 9.56. The fraction of sp³-hybridized carbons (Fsp3) is 0.714. The molecule has 0 aliphatic rings. The second-order valence-corrected chi connectivity index (χ2v) is 2.83. The smallest absolute Gasteiger partial charge is 0.331 e. The standard InChI is InChI=1S/C7H10Cl2O3/c1-2-3-12-7(11)6(9)5(10)4-8/h6H,2-4H2,1H3. The summed E-state index contributed by atoms with van der Waals surface area (Å²) in [6.07, 6.45) is 0.699. The Bertz CT molecular complexity index is 170. The lowest BCUT2D eigenvalue weighted by atomic mass is 10.3. The molecule has 12 heavy (non-hydrogen) atoms. The zero-order valence-corrected chi connectivity index (χ0v) is 8.19. The molecule has 0 bridgehead atoms. The van der Waals surface area contributed by atoms with Gasteiger partial charge in [-0.25, -0.2) is 4.79 Å². The average molecular weight is 213 g/mol. The average Bonchev–Trinajstić information content (AvgIpc) is 2.11. The Kier molecular flexibility index (Phi) is 6.11. The van der Waals surface area contributed by atoms with Gasteiger partial charge in [0.15, 0.2) is 11.2 Å². The Balaban J connectivity index is 3.84. The normalized spacial score (nSPS) is 12.2. The van der Waals surface area contributed by atoms with E-state index in [2.05, 4.69) is 4.74 Å². The maximum atomic E-state index is 10.9. The van der Waals surface area contributed by atoms with E-state index in [1.165, 1.54) is 0 Å². The monoisotopic (exact) mass is 212 g/mol. The molecule has 70 valence electrons. The number of ketones is 1. The van der Waals surface area contributed by atoms with E-state index in [1.54, 1.807) is 0 Å². The van der Waals surface area contributed by atoms with Gasteiger partial charge in [-0.2, -0.15) is 0 Å². The van der Waals surface area contributed by atoms with Gasteiger partial charge in [0.2, 0.25) is 0 Å². The number of Topliss-reactive ketones (excluding diaryl/α,β-unsaturated/α-hetero) is 1. The largest absolute Gasteiger partial charge is 0.464 e. The fourth-order valence-corrected chi connectivity index (χ4v) is 0.848. The lowest BCUT2D eigenvalue weighted by Crippen LogP contribution is -2.27. The van der Waals surface area contributed by atoms with Gasteiger partial charge in [0.1, 0.15) is 0 Å². The van der Waals surface area contributed by atoms with Gasteiger partial charge in [-0.15, -0.1) is 23.2 Å². The molecule has 0 heterocycles. The maximum absolute atomic E-state index is 10.9. The van der Waals surface area contributed by atoms with Gasteiger partial charge in [-0.05, 0) is 6.42 Å². The third-order valence-electron chi connectivity index (χ3n) is 1.07. The summed E-state index contributed by atoms with van der Waals surface area (Å²) in [6, 6.07) is 0. The van der Waals surface area contributed by atoms with Gasteiger partial charge in [0, 0.05) is 0 Å². The summed E-state index contributed by atoms with van der Waals surface area (Å²) in [5.41, 5.74) is 0. The van der Waals surface area contributed by atoms with Crippen molar-refractivity contribution >= 4 is 35.0 Å². The molecule has 0 aliphatic heterocycles. The topological polar surface area (TPSA) is 43.4 Å². The first-order valence-electron chi connectivity index (χ1n) is 3.52. The van der Waals surface area contributed by atoms with E-state index >= 15 is 0 Å². The summed E-state index contributed by atoms with van der Waals surface area (Å²) in [5.74, 6) is -1.52. The van der Waals surface area contributed by atoms with Gasteiger partial charge >= 0.3 is 5.97 Å². The van der Waals surface area contributed by atoms with Crippen LogP contribution >= 0.6 is 23.2 Å². The van der Waals surface area contributed by atoms with Crippen molar-refractivity contribution in [2.45, 2.75) is 18.7 Å². The van der Waals surface area contributed by atoms with E-state index in [9.17, 15) is 9.59 Å². The number of halogens is 2. The Morgan fingerprint density at radius 2 is 2.08 bits per heavy atom. The van der Waals surface area contributed by atoms with Crippen molar-refractivity contribution in [3.63, 3.8) is 0 Å². The fourth-order valence-electron chi connectivity index (χ4n) is 0.475. The SMILES string of the molecule is CCCOC(=O)C(Cl)C(=O)CCl. The van der Waals surface area contributed by atoms with E-state index in [1.807, 2.05) is 6.92 Å². The molecule has 0 saturated heterocycles. The molecule has 0 rings (SSSR count). The van der Waals surface area contributed by atoms with Crippen LogP contribution in [0.1, 0.15) is 13.3 Å². The van der Waals surface area contributed by atoms with E-state index in [0.29, 0.717) is 6.42 Å². The highest BCUT2D eigenvalue weighted by molar-refractivity contribution is 6.45. The van der Waals surface area contributed by atoms with Gasteiger partial charge in [0.05, 0.1) is 12.5 Å². The molecule has 1 atom stereocenters. The molecule has 5 heteroatoms. The predicted molar refractivity (Wildman–Crippen MR) is 46.6 cm³/mol. The van der Waals surface area contributed by atoms with Gasteiger partial charge < -0.3 is 4.74 Å². The van der Waals surface area contributed by atoms with Gasteiger partial charge in [-0.1, -0.05) is 6.92 Å². The minimum absolute atomic E-state index is 0.268. The quantitative estimate of drug-likeness (QED) is 0.393. The number of ether oxygens (including phenoxy) is 1. The molecule has 3 nitrogen and oxygen atoms in total. The molecular formula is C7H10Cl2O3. The number of esters is 1. The van der Waals surface area contributed by atoms with Crippen LogP contribution in [0, 0.1) is 0 Å². The first-order valence-corrected chi connectivity index (χ1v) is 4.50. The summed E-state index contributed by atoms with van der Waals surface area (Å²) in [7, 11) is 0. The number of carbonyl (C=O) groups is 2. The summed E-state index contributed by atoms with van der Waals surface area (Å²) in [5, 5.41) is -1.26. The van der Waals surface area contributed by atoms with Crippen LogP contribution in [0.3, 0.4) is 0 Å². The van der Waals surface area contributed by atoms with Crippen molar-refractivity contribution in [2.24, 2.45) is 0 Å². The van der Waals surface area contributed by atoms with Crippen LogP contribution < -0.4 is 0 Å². The summed E-state index contributed by atoms with van der Waals surface area (Å²) in [4.78, 5) is 21.6. The molecule has 0 aliphatic carbocycles. The Morgan fingerprint density at radius 1 is 1.50 bits per heavy atom. The number of carbonyl (C=O) groups excluding carboxylic acids is 2. The van der Waals surface area contributed by atoms with Gasteiger partial charge in [0.25, 0.3) is 0 Å². The van der Waals surface area contributed by atoms with E-state index < -0.39 is 17.1 Å². The summed E-state index contributed by atoms with van der Waals surface area (Å²) >= 11 is 10.6. The lowest BCUT2D eigenvalue weighted by molar-refractivity contribution is -0.145. The van der Waals surface area contributed by atoms with E-state index in [-0.39, 0.29) is 12.5 Å². The lowest BCUT2D eigenvalue weighted by Gasteiger charge is -2.05. The maximum Gasteiger partial charge on any atom is 0.331 e. The number of alkyl halides is 2. The van der Waals surface area contributed by atoms with Crippen molar-refractivity contribution in [2.75, 3.05) is 12.5 Å². The van der Waals surface area contributed by atoms with Crippen LogP contribution in [0.4, 0.5) is 0 Å². The highest BCUT2D eigenvalue weighted by Gasteiger charge is 2.23. The zero-order valence-electron chi connectivity index (χ0n) is 6.68. The van der Waals surface area contributed by atoms with Crippen molar-refractivity contribution in [3.05, 3.63) is 0 Å². The second-order valence-electron chi connectivity index (χ2n) is 2.13. The van der Waals surface area contributed by atoms with Crippen LogP contribution in [-0.2, 0) is 14.3 Å². The van der Waals surface area contributed by atoms with Gasteiger partial charge in [-0.3, -0.25) is 4.79 Å². The number of rotatable bonds is 5. The van der Waals surface area contributed by atoms with Crippen molar-refractivity contribution in [3.8, 4) is 0 Å². The summed E-state index contributed by atoms with van der Waals surface area (Å²) < 4.78 is 4.63. The van der Waals surface area contributed by atoms with Crippen LogP contribution in [0.25, 0.3) is 0 Å². The third kappa shape index (κ3) is 3.93. The van der Waals surface area contributed by atoms with Crippen molar-refractivity contribution in [1.29, 1.82) is 0 Å². The molecule has 0 aromatic rings. The predicted octanol–water partition coefficient (Wildman–Crippen LogP) is 1.35. The molecule has 0 saturated carbocycles. The number of hydrogen-bond acceptors (Lipinski definition) is 3. The van der Waals surface area contributed by atoms with E-state index in [4.69, 9.17) is 23.2 Å². The molecule has 0 amide bonds. The Labute approximate surface area is 81.0 Å². The molecule has 0 aromatic heterocycles. The second kappa shape index (κ2) is 6.26. The highest BCUT2D eigenvalue weighted by Crippen LogP contribution is 2.02. The van der Waals surface area contributed by atoms with Crippen LogP contribution in [-0.4, -0.2) is 29.6 Å². The summed E-state index contributed by atoms with van der Waals surface area (Å²) in [6.45, 7) is 2.12. The van der Waals surface area contributed by atoms with Crippen LogP contribution in [0.5, 0.6) is 0 Å². The molecular weight excluding hydrogens is 203 g/mol.